The summed E-state index contributed by atoms with van der Waals surface area (Å²) in [5, 5.41) is 12.1. The van der Waals surface area contributed by atoms with Crippen LogP contribution < -0.4 is 5.32 Å². The topological polar surface area (TPSA) is 75.6 Å². The largest absolute Gasteiger partial charge is 0.480 e. The highest BCUT2D eigenvalue weighted by Gasteiger charge is 2.35. The zero-order valence-corrected chi connectivity index (χ0v) is 16.7. The molecule has 1 aliphatic carbocycles. The SMILES string of the molecule is C=CCCCC[C@@](C)(NC(=O)OCC1c2ccccc2-c2ccccc21)C(=O)O. The van der Waals surface area contributed by atoms with Crippen molar-refractivity contribution in [3.8, 4) is 11.1 Å². The molecule has 2 aromatic rings. The Hall–Kier alpha value is -3.08. The molecule has 0 aromatic heterocycles. The van der Waals surface area contributed by atoms with E-state index in [1.54, 1.807) is 6.08 Å². The van der Waals surface area contributed by atoms with Gasteiger partial charge in [-0.3, -0.25) is 0 Å². The standard InChI is InChI=1S/C24H27NO4/c1-3-4-5-10-15-24(2,22(26)27)25-23(28)29-16-21-19-13-8-6-11-17(19)18-12-7-9-14-20(18)21/h3,6-9,11-14,21H,1,4-5,10,15-16H2,2H3,(H,25,28)(H,26,27)/t24-/m1/s1. The molecule has 2 aromatic carbocycles. The number of fused-ring (bicyclic) bond motifs is 3. The summed E-state index contributed by atoms with van der Waals surface area (Å²) in [5.74, 6) is -1.12. The summed E-state index contributed by atoms with van der Waals surface area (Å²) in [7, 11) is 0. The van der Waals surface area contributed by atoms with Crippen LogP contribution in [0.2, 0.25) is 0 Å². The van der Waals surface area contributed by atoms with Gasteiger partial charge in [-0.05, 0) is 48.4 Å². The first-order chi connectivity index (χ1) is 14.0. The number of alkyl carbamates (subject to hydrolysis) is 1. The van der Waals surface area contributed by atoms with Crippen molar-refractivity contribution in [2.75, 3.05) is 6.61 Å². The van der Waals surface area contributed by atoms with Gasteiger partial charge in [0.2, 0.25) is 0 Å². The van der Waals surface area contributed by atoms with Crippen molar-refractivity contribution in [1.82, 2.24) is 5.32 Å². The van der Waals surface area contributed by atoms with Crippen LogP contribution in [0.5, 0.6) is 0 Å². The van der Waals surface area contributed by atoms with Gasteiger partial charge >= 0.3 is 12.1 Å². The second kappa shape index (κ2) is 8.95. The fourth-order valence-corrected chi connectivity index (χ4v) is 3.85. The summed E-state index contributed by atoms with van der Waals surface area (Å²) >= 11 is 0. The number of ether oxygens (including phenoxy) is 1. The molecule has 1 aliphatic rings. The molecule has 29 heavy (non-hydrogen) atoms. The lowest BCUT2D eigenvalue weighted by Gasteiger charge is -2.26. The van der Waals surface area contributed by atoms with E-state index in [9.17, 15) is 14.7 Å². The van der Waals surface area contributed by atoms with Crippen LogP contribution in [-0.2, 0) is 9.53 Å². The summed E-state index contributed by atoms with van der Waals surface area (Å²) in [6, 6.07) is 16.2. The minimum absolute atomic E-state index is 0.0585. The van der Waals surface area contributed by atoms with Crippen LogP contribution in [0.4, 0.5) is 4.79 Å². The summed E-state index contributed by atoms with van der Waals surface area (Å²) < 4.78 is 5.48. The van der Waals surface area contributed by atoms with E-state index in [2.05, 4.69) is 24.0 Å². The number of carboxylic acids is 1. The number of carboxylic acid groups (broad SMARTS) is 1. The Kier molecular flexibility index (Phi) is 6.37. The molecule has 0 saturated carbocycles. The molecule has 0 radical (unpaired) electrons. The quantitative estimate of drug-likeness (QED) is 0.458. The molecule has 152 valence electrons. The van der Waals surface area contributed by atoms with E-state index in [-0.39, 0.29) is 12.5 Å². The molecule has 5 heteroatoms. The Morgan fingerprint density at radius 2 is 1.69 bits per heavy atom. The number of benzene rings is 2. The number of rotatable bonds is 9. The lowest BCUT2D eigenvalue weighted by molar-refractivity contribution is -0.144. The van der Waals surface area contributed by atoms with Gasteiger partial charge in [0.25, 0.3) is 0 Å². The minimum atomic E-state index is -1.36. The molecule has 0 bridgehead atoms. The Labute approximate surface area is 171 Å². The fraction of sp³-hybridized carbons (Fsp3) is 0.333. The third-order valence-corrected chi connectivity index (χ3v) is 5.53. The number of allylic oxidation sites excluding steroid dienone is 1. The van der Waals surface area contributed by atoms with Crippen LogP contribution in [0.1, 0.15) is 49.7 Å². The van der Waals surface area contributed by atoms with Gasteiger partial charge in [-0.1, -0.05) is 61.0 Å². The second-order valence-corrected chi connectivity index (χ2v) is 7.62. The number of nitrogens with one attached hydrogen (secondary N) is 1. The Morgan fingerprint density at radius 1 is 1.10 bits per heavy atom. The van der Waals surface area contributed by atoms with Crippen molar-refractivity contribution in [3.63, 3.8) is 0 Å². The molecule has 0 saturated heterocycles. The van der Waals surface area contributed by atoms with E-state index in [0.29, 0.717) is 12.8 Å². The summed E-state index contributed by atoms with van der Waals surface area (Å²) in [6.07, 6.45) is 3.76. The fourth-order valence-electron chi connectivity index (χ4n) is 3.85. The molecule has 1 atom stereocenters. The van der Waals surface area contributed by atoms with Gasteiger partial charge in [-0.25, -0.2) is 9.59 Å². The molecule has 2 N–H and O–H groups in total. The van der Waals surface area contributed by atoms with Gasteiger partial charge in [0, 0.05) is 5.92 Å². The lowest BCUT2D eigenvalue weighted by atomic mass is 9.94. The maximum absolute atomic E-state index is 12.4. The summed E-state index contributed by atoms with van der Waals surface area (Å²) in [5.41, 5.74) is 3.17. The van der Waals surface area contributed by atoms with Crippen molar-refractivity contribution < 1.29 is 19.4 Å². The highest BCUT2D eigenvalue weighted by molar-refractivity contribution is 5.84. The normalized spacial score (nSPS) is 14.4. The van der Waals surface area contributed by atoms with Gasteiger partial charge in [0.15, 0.2) is 0 Å². The molecule has 0 aliphatic heterocycles. The Balaban J connectivity index is 1.65. The van der Waals surface area contributed by atoms with Crippen molar-refractivity contribution in [3.05, 3.63) is 72.3 Å². The third kappa shape index (κ3) is 4.50. The zero-order valence-electron chi connectivity index (χ0n) is 16.7. The Morgan fingerprint density at radius 3 is 2.24 bits per heavy atom. The van der Waals surface area contributed by atoms with Gasteiger partial charge in [0.05, 0.1) is 0 Å². The van der Waals surface area contributed by atoms with Gasteiger partial charge < -0.3 is 15.2 Å². The molecule has 1 amide bonds. The predicted molar refractivity (Wildman–Crippen MR) is 113 cm³/mol. The average molecular weight is 393 g/mol. The van der Waals surface area contributed by atoms with E-state index < -0.39 is 17.6 Å². The van der Waals surface area contributed by atoms with Gasteiger partial charge in [-0.15, -0.1) is 6.58 Å². The van der Waals surface area contributed by atoms with Gasteiger partial charge in [0.1, 0.15) is 12.1 Å². The van der Waals surface area contributed by atoms with E-state index in [1.165, 1.54) is 6.92 Å². The number of carbonyl (C=O) groups excluding carboxylic acids is 1. The molecule has 5 nitrogen and oxygen atoms in total. The molecule has 0 fully saturated rings. The highest BCUT2D eigenvalue weighted by atomic mass is 16.5. The van der Waals surface area contributed by atoms with Crippen molar-refractivity contribution in [1.29, 1.82) is 0 Å². The molecular weight excluding hydrogens is 366 g/mol. The van der Waals surface area contributed by atoms with Gasteiger partial charge in [-0.2, -0.15) is 0 Å². The number of carbonyl (C=O) groups is 2. The number of hydrogen-bond donors (Lipinski definition) is 2. The number of amides is 1. The Bertz CT molecular complexity index is 862. The molecular formula is C24H27NO4. The van der Waals surface area contributed by atoms with Crippen LogP contribution in [0.25, 0.3) is 11.1 Å². The van der Waals surface area contributed by atoms with Crippen LogP contribution in [0.15, 0.2) is 61.2 Å². The van der Waals surface area contributed by atoms with Crippen molar-refractivity contribution in [2.45, 2.75) is 44.1 Å². The van der Waals surface area contributed by atoms with Crippen LogP contribution >= 0.6 is 0 Å². The molecule has 0 spiro atoms. The second-order valence-electron chi connectivity index (χ2n) is 7.62. The molecule has 0 heterocycles. The van der Waals surface area contributed by atoms with E-state index in [4.69, 9.17) is 4.74 Å². The smallest absolute Gasteiger partial charge is 0.408 e. The monoisotopic (exact) mass is 393 g/mol. The average Bonchev–Trinajstić information content (AvgIpc) is 3.03. The minimum Gasteiger partial charge on any atom is -0.480 e. The first kappa shape index (κ1) is 20.6. The predicted octanol–water partition coefficient (Wildman–Crippen LogP) is 5.11. The van der Waals surface area contributed by atoms with E-state index in [1.807, 2.05) is 36.4 Å². The number of unbranched alkanes of at least 4 members (excludes halogenated alkanes) is 2. The zero-order chi connectivity index (χ0) is 20.9. The summed E-state index contributed by atoms with van der Waals surface area (Å²) in [4.78, 5) is 24.1. The first-order valence-corrected chi connectivity index (χ1v) is 9.94. The molecule has 0 unspecified atom stereocenters. The van der Waals surface area contributed by atoms with Crippen LogP contribution in [-0.4, -0.2) is 29.3 Å². The van der Waals surface area contributed by atoms with Crippen molar-refractivity contribution in [2.24, 2.45) is 0 Å². The maximum Gasteiger partial charge on any atom is 0.408 e. The van der Waals surface area contributed by atoms with Crippen molar-refractivity contribution >= 4 is 12.1 Å². The van der Waals surface area contributed by atoms with Crippen LogP contribution in [0, 0.1) is 0 Å². The lowest BCUT2D eigenvalue weighted by Crippen LogP contribution is -2.52. The van der Waals surface area contributed by atoms with E-state index >= 15 is 0 Å². The highest BCUT2D eigenvalue weighted by Crippen LogP contribution is 2.44. The number of hydrogen-bond acceptors (Lipinski definition) is 3. The van der Waals surface area contributed by atoms with E-state index in [0.717, 1.165) is 35.1 Å². The van der Waals surface area contributed by atoms with Crippen LogP contribution in [0.3, 0.4) is 0 Å². The summed E-state index contributed by atoms with van der Waals surface area (Å²) in [6.45, 7) is 5.34. The number of aliphatic carboxylic acids is 1. The maximum atomic E-state index is 12.4. The first-order valence-electron chi connectivity index (χ1n) is 9.94. The third-order valence-electron chi connectivity index (χ3n) is 5.53. The molecule has 3 rings (SSSR count).